The number of aromatic nitrogens is 2. The highest BCUT2D eigenvalue weighted by Gasteiger charge is 2.15. The quantitative estimate of drug-likeness (QED) is 0.477. The number of rotatable bonds is 5. The number of oxazole rings is 1. The second kappa shape index (κ2) is 7.52. The minimum atomic E-state index is -0.452. The summed E-state index contributed by atoms with van der Waals surface area (Å²) in [7, 11) is 1.60. The Bertz CT molecular complexity index is 1140. The Morgan fingerprint density at radius 3 is 2.68 bits per heavy atom. The van der Waals surface area contributed by atoms with Gasteiger partial charge in [0.2, 0.25) is 5.89 Å². The first-order chi connectivity index (χ1) is 13.6. The van der Waals surface area contributed by atoms with Crippen molar-refractivity contribution in [3.63, 3.8) is 0 Å². The van der Waals surface area contributed by atoms with E-state index in [2.05, 4.69) is 9.97 Å². The maximum atomic E-state index is 12.5. The van der Waals surface area contributed by atoms with Gasteiger partial charge in [0.25, 0.3) is 0 Å². The number of esters is 1. The van der Waals surface area contributed by atoms with Crippen molar-refractivity contribution < 1.29 is 18.7 Å². The Morgan fingerprint density at radius 1 is 1.07 bits per heavy atom. The van der Waals surface area contributed by atoms with Gasteiger partial charge < -0.3 is 13.9 Å². The van der Waals surface area contributed by atoms with Crippen LogP contribution in [0.3, 0.4) is 0 Å². The highest BCUT2D eigenvalue weighted by Crippen LogP contribution is 2.23. The third-order valence-electron chi connectivity index (χ3n) is 4.36. The number of fused-ring (bicyclic) bond motifs is 1. The van der Waals surface area contributed by atoms with Gasteiger partial charge in [0.05, 0.1) is 23.9 Å². The first-order valence-corrected chi connectivity index (χ1v) is 8.76. The number of nitrogens with zero attached hydrogens (tertiary/aromatic N) is 2. The molecule has 0 saturated carbocycles. The molecule has 0 bridgehead atoms. The standard InChI is InChI=1S/C22H18N2O4/c1-14-19(10-16-8-9-18(26-2)11-20(16)23-14)22(25)28-13-17-12-27-21(24-17)15-6-4-3-5-7-15/h3-12H,13H2,1-2H3. The number of carbonyl (C=O) groups excluding carboxylic acids is 1. The molecule has 0 aliphatic carbocycles. The molecule has 6 nitrogen and oxygen atoms in total. The average Bonchev–Trinajstić information content (AvgIpc) is 3.21. The maximum Gasteiger partial charge on any atom is 0.340 e. The van der Waals surface area contributed by atoms with Crippen molar-refractivity contribution >= 4 is 16.9 Å². The van der Waals surface area contributed by atoms with Crippen LogP contribution in [0.5, 0.6) is 5.75 Å². The van der Waals surface area contributed by atoms with Gasteiger partial charge in [-0.15, -0.1) is 0 Å². The molecule has 2 aromatic heterocycles. The second-order valence-electron chi connectivity index (χ2n) is 6.27. The lowest BCUT2D eigenvalue weighted by atomic mass is 10.1. The Kier molecular flexibility index (Phi) is 4.76. The highest BCUT2D eigenvalue weighted by molar-refractivity contribution is 5.95. The number of benzene rings is 2. The molecule has 0 amide bonds. The molecular weight excluding hydrogens is 356 g/mol. The number of methoxy groups -OCH3 is 1. The molecule has 0 aliphatic rings. The van der Waals surface area contributed by atoms with E-state index in [1.807, 2.05) is 48.5 Å². The molecule has 4 rings (SSSR count). The van der Waals surface area contributed by atoms with Crippen LogP contribution in [0.25, 0.3) is 22.4 Å². The summed E-state index contributed by atoms with van der Waals surface area (Å²) in [5.74, 6) is 0.756. The van der Waals surface area contributed by atoms with Gasteiger partial charge in [0, 0.05) is 17.0 Å². The Morgan fingerprint density at radius 2 is 1.89 bits per heavy atom. The first-order valence-electron chi connectivity index (χ1n) is 8.76. The Balaban J connectivity index is 1.49. The van der Waals surface area contributed by atoms with Crippen molar-refractivity contribution in [3.8, 4) is 17.2 Å². The molecule has 0 radical (unpaired) electrons. The van der Waals surface area contributed by atoms with Crippen molar-refractivity contribution in [2.45, 2.75) is 13.5 Å². The topological polar surface area (TPSA) is 74.5 Å². The van der Waals surface area contributed by atoms with Gasteiger partial charge >= 0.3 is 5.97 Å². The summed E-state index contributed by atoms with van der Waals surface area (Å²) in [5.41, 5.74) is 3.19. The molecule has 28 heavy (non-hydrogen) atoms. The molecule has 2 aromatic carbocycles. The zero-order valence-electron chi connectivity index (χ0n) is 15.5. The molecule has 0 unspecified atom stereocenters. The van der Waals surface area contributed by atoms with Crippen LogP contribution in [-0.2, 0) is 11.3 Å². The van der Waals surface area contributed by atoms with Crippen molar-refractivity contribution in [1.82, 2.24) is 9.97 Å². The van der Waals surface area contributed by atoms with E-state index < -0.39 is 5.97 Å². The van der Waals surface area contributed by atoms with Gasteiger partial charge in [-0.05, 0) is 37.3 Å². The zero-order valence-corrected chi connectivity index (χ0v) is 15.5. The summed E-state index contributed by atoms with van der Waals surface area (Å²) in [5, 5.41) is 0.839. The van der Waals surface area contributed by atoms with E-state index in [-0.39, 0.29) is 6.61 Å². The number of carbonyl (C=O) groups is 1. The van der Waals surface area contributed by atoms with Crippen LogP contribution >= 0.6 is 0 Å². The molecule has 4 aromatic rings. The molecule has 0 N–H and O–H groups in total. The molecule has 0 fully saturated rings. The van der Waals surface area contributed by atoms with Crippen LogP contribution in [-0.4, -0.2) is 23.0 Å². The lowest BCUT2D eigenvalue weighted by molar-refractivity contribution is 0.0466. The fourth-order valence-corrected chi connectivity index (χ4v) is 2.88. The van der Waals surface area contributed by atoms with E-state index in [0.717, 1.165) is 22.2 Å². The molecule has 0 atom stereocenters. The summed E-state index contributed by atoms with van der Waals surface area (Å²) >= 11 is 0. The Labute approximate surface area is 161 Å². The van der Waals surface area contributed by atoms with Gasteiger partial charge in [0.15, 0.2) is 0 Å². The molecule has 2 heterocycles. The van der Waals surface area contributed by atoms with Crippen LogP contribution in [0, 0.1) is 6.92 Å². The van der Waals surface area contributed by atoms with E-state index in [1.165, 1.54) is 6.26 Å². The van der Waals surface area contributed by atoms with Gasteiger partial charge in [-0.1, -0.05) is 18.2 Å². The summed E-state index contributed by atoms with van der Waals surface area (Å²) in [6.07, 6.45) is 1.49. The minimum absolute atomic E-state index is 0.0231. The first kappa shape index (κ1) is 17.7. The molecule has 6 heteroatoms. The van der Waals surface area contributed by atoms with Crippen molar-refractivity contribution in [1.29, 1.82) is 0 Å². The van der Waals surface area contributed by atoms with Crippen molar-refractivity contribution in [2.24, 2.45) is 0 Å². The summed E-state index contributed by atoms with van der Waals surface area (Å²) < 4.78 is 16.1. The van der Waals surface area contributed by atoms with Gasteiger partial charge in [0.1, 0.15) is 24.3 Å². The molecule has 0 spiro atoms. The fraction of sp³-hybridized carbons (Fsp3) is 0.136. The third-order valence-corrected chi connectivity index (χ3v) is 4.36. The predicted molar refractivity (Wildman–Crippen MR) is 104 cm³/mol. The normalized spacial score (nSPS) is 10.8. The number of hydrogen-bond acceptors (Lipinski definition) is 6. The number of pyridine rings is 1. The van der Waals surface area contributed by atoms with E-state index >= 15 is 0 Å². The van der Waals surface area contributed by atoms with Gasteiger partial charge in [-0.25, -0.2) is 9.78 Å². The zero-order chi connectivity index (χ0) is 19.5. The molecule has 140 valence electrons. The maximum absolute atomic E-state index is 12.5. The van der Waals surface area contributed by atoms with Crippen LogP contribution in [0.2, 0.25) is 0 Å². The van der Waals surface area contributed by atoms with Crippen LogP contribution in [0.1, 0.15) is 21.7 Å². The van der Waals surface area contributed by atoms with Crippen LogP contribution in [0.15, 0.2) is 65.3 Å². The van der Waals surface area contributed by atoms with Crippen molar-refractivity contribution in [3.05, 3.63) is 77.8 Å². The average molecular weight is 374 g/mol. The SMILES string of the molecule is COc1ccc2cc(C(=O)OCc3coc(-c4ccccc4)n3)c(C)nc2c1. The molecule has 0 saturated heterocycles. The minimum Gasteiger partial charge on any atom is -0.497 e. The summed E-state index contributed by atoms with van der Waals surface area (Å²) in [4.78, 5) is 21.4. The number of aryl methyl sites for hydroxylation is 1. The highest BCUT2D eigenvalue weighted by atomic mass is 16.5. The monoisotopic (exact) mass is 374 g/mol. The van der Waals surface area contributed by atoms with E-state index in [1.54, 1.807) is 20.1 Å². The largest absolute Gasteiger partial charge is 0.497 e. The fourth-order valence-electron chi connectivity index (χ4n) is 2.88. The lowest BCUT2D eigenvalue weighted by Gasteiger charge is -2.08. The van der Waals surface area contributed by atoms with Crippen LogP contribution < -0.4 is 4.74 Å². The van der Waals surface area contributed by atoms with E-state index in [9.17, 15) is 4.79 Å². The Hall–Kier alpha value is -3.67. The lowest BCUT2D eigenvalue weighted by Crippen LogP contribution is -2.08. The van der Waals surface area contributed by atoms with E-state index in [0.29, 0.717) is 22.8 Å². The summed E-state index contributed by atoms with van der Waals surface area (Å²) in [6, 6.07) is 16.8. The second-order valence-corrected chi connectivity index (χ2v) is 6.27. The van der Waals surface area contributed by atoms with Crippen LogP contribution in [0.4, 0.5) is 0 Å². The third kappa shape index (κ3) is 3.57. The number of ether oxygens (including phenoxy) is 2. The van der Waals surface area contributed by atoms with Gasteiger partial charge in [-0.3, -0.25) is 4.98 Å². The molecular formula is C22H18N2O4. The summed E-state index contributed by atoms with van der Waals surface area (Å²) in [6.45, 7) is 1.80. The smallest absolute Gasteiger partial charge is 0.340 e. The number of hydrogen-bond donors (Lipinski definition) is 0. The van der Waals surface area contributed by atoms with Gasteiger partial charge in [-0.2, -0.15) is 0 Å². The van der Waals surface area contributed by atoms with E-state index in [4.69, 9.17) is 13.9 Å². The molecule has 0 aliphatic heterocycles. The predicted octanol–water partition coefficient (Wildman–Crippen LogP) is 4.56. The van der Waals surface area contributed by atoms with Crippen molar-refractivity contribution in [2.75, 3.05) is 7.11 Å².